The van der Waals surface area contributed by atoms with E-state index in [1.165, 1.54) is 0 Å². The topological polar surface area (TPSA) is 74.6 Å². The zero-order valence-corrected chi connectivity index (χ0v) is 15.9. The van der Waals surface area contributed by atoms with Crippen LogP contribution in [0.5, 0.6) is 0 Å². The molecule has 0 aliphatic heterocycles. The molecule has 0 heterocycles. The van der Waals surface area contributed by atoms with E-state index in [4.69, 9.17) is 0 Å². The fraction of sp³-hybridized carbons (Fsp3) is 0.800. The van der Waals surface area contributed by atoms with Gasteiger partial charge in [0.2, 0.25) is 0 Å². The van der Waals surface area contributed by atoms with E-state index in [2.05, 4.69) is 27.7 Å². The van der Waals surface area contributed by atoms with E-state index in [0.717, 1.165) is 51.4 Å². The van der Waals surface area contributed by atoms with E-state index >= 15 is 0 Å². The molecule has 0 aliphatic rings. The maximum absolute atomic E-state index is 11.7. The second-order valence-corrected chi connectivity index (χ2v) is 6.81. The molecule has 0 bridgehead atoms. The van der Waals surface area contributed by atoms with Crippen LogP contribution in [0.4, 0.5) is 0 Å². The van der Waals surface area contributed by atoms with Gasteiger partial charge in [0.15, 0.2) is 0 Å². The Morgan fingerprint density at radius 3 is 1.25 bits per heavy atom. The molecule has 0 aliphatic carbocycles. The first-order chi connectivity index (χ1) is 11.4. The SMILES string of the molecule is CCCCC(CC)C/C(C(=O)O)=C(\CC(CC)CCCC)C(=O)O. The number of aliphatic carboxylic acids is 2. The molecule has 0 spiro atoms. The van der Waals surface area contributed by atoms with Crippen molar-refractivity contribution in [1.29, 1.82) is 0 Å². The Morgan fingerprint density at radius 1 is 0.708 bits per heavy atom. The molecule has 140 valence electrons. The van der Waals surface area contributed by atoms with Gasteiger partial charge >= 0.3 is 11.9 Å². The van der Waals surface area contributed by atoms with Gasteiger partial charge in [0, 0.05) is 11.1 Å². The van der Waals surface area contributed by atoms with Crippen molar-refractivity contribution in [3.8, 4) is 0 Å². The fourth-order valence-corrected chi connectivity index (χ4v) is 3.14. The molecule has 2 atom stereocenters. The van der Waals surface area contributed by atoms with E-state index in [9.17, 15) is 19.8 Å². The summed E-state index contributed by atoms with van der Waals surface area (Å²) >= 11 is 0. The lowest BCUT2D eigenvalue weighted by molar-refractivity contribution is -0.136. The van der Waals surface area contributed by atoms with Crippen molar-refractivity contribution in [3.63, 3.8) is 0 Å². The van der Waals surface area contributed by atoms with Crippen molar-refractivity contribution >= 4 is 11.9 Å². The van der Waals surface area contributed by atoms with Crippen molar-refractivity contribution in [3.05, 3.63) is 11.1 Å². The lowest BCUT2D eigenvalue weighted by Gasteiger charge is -2.19. The summed E-state index contributed by atoms with van der Waals surface area (Å²) in [6, 6.07) is 0. The average molecular weight is 341 g/mol. The highest BCUT2D eigenvalue weighted by atomic mass is 16.4. The number of rotatable bonds is 14. The van der Waals surface area contributed by atoms with Gasteiger partial charge in [-0.15, -0.1) is 0 Å². The molecule has 0 rings (SSSR count). The van der Waals surface area contributed by atoms with Crippen molar-refractivity contribution in [1.82, 2.24) is 0 Å². The maximum Gasteiger partial charge on any atom is 0.332 e. The summed E-state index contributed by atoms with van der Waals surface area (Å²) in [5, 5.41) is 19.2. The lowest BCUT2D eigenvalue weighted by atomic mass is 9.85. The zero-order chi connectivity index (χ0) is 18.5. The molecule has 0 aromatic carbocycles. The normalized spacial score (nSPS) is 14.8. The van der Waals surface area contributed by atoms with Gasteiger partial charge in [-0.1, -0.05) is 79.1 Å². The predicted octanol–water partition coefficient (Wildman–Crippen LogP) is 5.67. The van der Waals surface area contributed by atoms with Crippen LogP contribution >= 0.6 is 0 Å². The van der Waals surface area contributed by atoms with Crippen LogP contribution < -0.4 is 0 Å². The van der Waals surface area contributed by atoms with Crippen molar-refractivity contribution < 1.29 is 19.8 Å². The van der Waals surface area contributed by atoms with Gasteiger partial charge in [-0.3, -0.25) is 0 Å². The van der Waals surface area contributed by atoms with Crippen molar-refractivity contribution in [2.75, 3.05) is 0 Å². The van der Waals surface area contributed by atoms with Gasteiger partial charge in [0.25, 0.3) is 0 Å². The first kappa shape index (κ1) is 22.7. The Labute approximate surface area is 147 Å². The first-order valence-corrected chi connectivity index (χ1v) is 9.59. The molecular weight excluding hydrogens is 304 g/mol. The van der Waals surface area contributed by atoms with E-state index in [1.807, 2.05) is 0 Å². The quantitative estimate of drug-likeness (QED) is 0.400. The molecule has 24 heavy (non-hydrogen) atoms. The molecule has 0 saturated carbocycles. The summed E-state index contributed by atoms with van der Waals surface area (Å²) < 4.78 is 0. The molecule has 0 radical (unpaired) electrons. The molecule has 0 aromatic rings. The molecule has 0 aromatic heterocycles. The predicted molar refractivity (Wildman–Crippen MR) is 98.1 cm³/mol. The van der Waals surface area contributed by atoms with Crippen molar-refractivity contribution in [2.24, 2.45) is 11.8 Å². The summed E-state index contributed by atoms with van der Waals surface area (Å²) in [5.74, 6) is -1.62. The third-order valence-corrected chi connectivity index (χ3v) is 4.95. The molecule has 0 saturated heterocycles. The minimum Gasteiger partial charge on any atom is -0.478 e. The highest BCUT2D eigenvalue weighted by Crippen LogP contribution is 2.29. The molecular formula is C20H36O4. The summed E-state index contributed by atoms with van der Waals surface area (Å²) in [6.07, 6.45) is 8.70. The Kier molecular flexibility index (Phi) is 12.3. The van der Waals surface area contributed by atoms with E-state index in [-0.39, 0.29) is 23.0 Å². The van der Waals surface area contributed by atoms with Crippen LogP contribution in [0.3, 0.4) is 0 Å². The van der Waals surface area contributed by atoms with E-state index in [1.54, 1.807) is 0 Å². The number of unbranched alkanes of at least 4 members (excludes halogenated alkanes) is 2. The van der Waals surface area contributed by atoms with Crippen LogP contribution in [0.15, 0.2) is 11.1 Å². The largest absolute Gasteiger partial charge is 0.478 e. The highest BCUT2D eigenvalue weighted by Gasteiger charge is 2.25. The molecule has 2 N–H and O–H groups in total. The maximum atomic E-state index is 11.7. The Morgan fingerprint density at radius 2 is 1.04 bits per heavy atom. The van der Waals surface area contributed by atoms with Crippen LogP contribution in [0.2, 0.25) is 0 Å². The van der Waals surface area contributed by atoms with Crippen LogP contribution in [0.1, 0.15) is 91.9 Å². The van der Waals surface area contributed by atoms with E-state index < -0.39 is 11.9 Å². The summed E-state index contributed by atoms with van der Waals surface area (Å²) in [7, 11) is 0. The fourth-order valence-electron chi connectivity index (χ4n) is 3.14. The van der Waals surface area contributed by atoms with Gasteiger partial charge in [-0.2, -0.15) is 0 Å². The van der Waals surface area contributed by atoms with Gasteiger partial charge in [-0.25, -0.2) is 9.59 Å². The standard InChI is InChI=1S/C20H36O4/c1-5-9-11-15(7-3)13-17(19(21)22)18(20(23)24)14-16(8-4)12-10-6-2/h15-16H,5-14H2,1-4H3,(H,21,22)(H,23,24)/b18-17-. The molecule has 4 nitrogen and oxygen atoms in total. The molecule has 0 amide bonds. The van der Waals surface area contributed by atoms with Crippen LogP contribution in [-0.4, -0.2) is 22.2 Å². The number of carboxylic acid groups (broad SMARTS) is 2. The van der Waals surface area contributed by atoms with Gasteiger partial charge in [0.05, 0.1) is 0 Å². The van der Waals surface area contributed by atoms with Crippen LogP contribution in [0.25, 0.3) is 0 Å². The minimum atomic E-state index is -1.06. The van der Waals surface area contributed by atoms with Gasteiger partial charge < -0.3 is 10.2 Å². The number of carboxylic acids is 2. The van der Waals surface area contributed by atoms with Gasteiger partial charge in [-0.05, 0) is 24.7 Å². The number of hydrogen-bond donors (Lipinski definition) is 2. The van der Waals surface area contributed by atoms with Crippen LogP contribution in [-0.2, 0) is 9.59 Å². The summed E-state index contributed by atoms with van der Waals surface area (Å²) in [5.41, 5.74) is 0.251. The zero-order valence-electron chi connectivity index (χ0n) is 15.9. The van der Waals surface area contributed by atoms with Crippen molar-refractivity contribution in [2.45, 2.75) is 91.9 Å². The third-order valence-electron chi connectivity index (χ3n) is 4.95. The average Bonchev–Trinajstić information content (AvgIpc) is 2.55. The third kappa shape index (κ3) is 8.51. The Balaban J connectivity index is 5.39. The second kappa shape index (κ2) is 13.0. The summed E-state index contributed by atoms with van der Waals surface area (Å²) in [6.45, 7) is 8.33. The highest BCUT2D eigenvalue weighted by molar-refractivity contribution is 5.98. The molecule has 2 unspecified atom stereocenters. The Hall–Kier alpha value is -1.32. The Bertz CT molecular complexity index is 374. The monoisotopic (exact) mass is 340 g/mol. The molecule has 0 fully saturated rings. The summed E-state index contributed by atoms with van der Waals surface area (Å²) in [4.78, 5) is 23.5. The smallest absolute Gasteiger partial charge is 0.332 e. The van der Waals surface area contributed by atoms with E-state index in [0.29, 0.717) is 12.8 Å². The lowest BCUT2D eigenvalue weighted by Crippen LogP contribution is -2.17. The van der Waals surface area contributed by atoms with Gasteiger partial charge in [0.1, 0.15) is 0 Å². The van der Waals surface area contributed by atoms with Crippen LogP contribution in [0, 0.1) is 11.8 Å². The molecule has 4 heteroatoms. The number of carbonyl (C=O) groups is 2. The second-order valence-electron chi connectivity index (χ2n) is 6.81. The number of hydrogen-bond acceptors (Lipinski definition) is 2. The minimum absolute atomic E-state index is 0.125. The first-order valence-electron chi connectivity index (χ1n) is 9.59.